The van der Waals surface area contributed by atoms with Crippen LogP contribution in [-0.2, 0) is 12.8 Å². The van der Waals surface area contributed by atoms with Crippen LogP contribution in [0.5, 0.6) is 0 Å². The molecule has 0 amide bonds. The third kappa shape index (κ3) is 6.05. The van der Waals surface area contributed by atoms with Gasteiger partial charge in [0.15, 0.2) is 0 Å². The minimum atomic E-state index is 0.966. The van der Waals surface area contributed by atoms with E-state index in [9.17, 15) is 0 Å². The third-order valence-corrected chi connectivity index (χ3v) is 3.05. The number of hydrogen-bond acceptors (Lipinski definition) is 1. The fraction of sp³-hybridized carbons (Fsp3) is 0.353. The van der Waals surface area contributed by atoms with Gasteiger partial charge in [-0.1, -0.05) is 43.8 Å². The Bertz CT molecular complexity index is 427. The summed E-state index contributed by atoms with van der Waals surface area (Å²) in [5.41, 5.74) is 2.80. The van der Waals surface area contributed by atoms with Crippen molar-refractivity contribution in [1.82, 2.24) is 5.32 Å². The molecule has 0 aliphatic carbocycles. The summed E-state index contributed by atoms with van der Waals surface area (Å²) in [6.07, 6.45) is 9.60. The lowest BCUT2D eigenvalue weighted by Crippen LogP contribution is -2.17. The van der Waals surface area contributed by atoms with Gasteiger partial charge in [0, 0.05) is 19.7 Å². The summed E-state index contributed by atoms with van der Waals surface area (Å²) in [5, 5.41) is 3.13. The van der Waals surface area contributed by atoms with Crippen LogP contribution in [0.3, 0.4) is 0 Å². The summed E-state index contributed by atoms with van der Waals surface area (Å²) in [5.74, 6) is 1.02. The molecule has 0 saturated heterocycles. The monoisotopic (exact) mass is 256 g/mol. The topological polar surface area (TPSA) is 24.4 Å². The summed E-state index contributed by atoms with van der Waals surface area (Å²) in [7, 11) is 1.91. The molecule has 19 heavy (non-hydrogen) atoms. The Morgan fingerprint density at radius 1 is 1.26 bits per heavy atom. The Kier molecular flexibility index (Phi) is 7.33. The lowest BCUT2D eigenvalue weighted by atomic mass is 10.0. The SMILES string of the molecule is C=C/C=C\N=C(\CCCc1ccc(CC)cc1)NC. The van der Waals surface area contributed by atoms with Crippen molar-refractivity contribution in [2.24, 2.45) is 4.99 Å². The van der Waals surface area contributed by atoms with Crippen LogP contribution in [0.15, 0.2) is 54.2 Å². The lowest BCUT2D eigenvalue weighted by Gasteiger charge is -2.05. The van der Waals surface area contributed by atoms with Crippen LogP contribution in [0.4, 0.5) is 0 Å². The molecule has 1 aromatic rings. The Labute approximate surface area is 117 Å². The van der Waals surface area contributed by atoms with Crippen LogP contribution in [0.25, 0.3) is 0 Å². The van der Waals surface area contributed by atoms with Gasteiger partial charge in [0.25, 0.3) is 0 Å². The summed E-state index contributed by atoms with van der Waals surface area (Å²) in [6, 6.07) is 8.89. The summed E-state index contributed by atoms with van der Waals surface area (Å²) >= 11 is 0. The molecule has 1 N–H and O–H groups in total. The van der Waals surface area contributed by atoms with Gasteiger partial charge in [-0.3, -0.25) is 0 Å². The molecular formula is C17H24N2. The number of nitrogens with one attached hydrogen (secondary N) is 1. The maximum absolute atomic E-state index is 4.34. The summed E-state index contributed by atoms with van der Waals surface area (Å²) < 4.78 is 0. The predicted octanol–water partition coefficient (Wildman–Crippen LogP) is 3.89. The zero-order valence-electron chi connectivity index (χ0n) is 12.0. The van der Waals surface area contributed by atoms with Crippen molar-refractivity contribution < 1.29 is 0 Å². The first-order valence-corrected chi connectivity index (χ1v) is 6.90. The van der Waals surface area contributed by atoms with Crippen molar-refractivity contribution in [3.05, 3.63) is 60.3 Å². The molecule has 0 aliphatic rings. The van der Waals surface area contributed by atoms with E-state index in [0.717, 1.165) is 31.5 Å². The van der Waals surface area contributed by atoms with Gasteiger partial charge in [0.1, 0.15) is 5.84 Å². The van der Waals surface area contributed by atoms with Crippen LogP contribution in [-0.4, -0.2) is 12.9 Å². The van der Waals surface area contributed by atoms with Crippen molar-refractivity contribution in [1.29, 1.82) is 0 Å². The van der Waals surface area contributed by atoms with Crippen LogP contribution in [0, 0.1) is 0 Å². The molecule has 2 heteroatoms. The van der Waals surface area contributed by atoms with E-state index in [2.05, 4.69) is 48.1 Å². The lowest BCUT2D eigenvalue weighted by molar-refractivity contribution is 0.844. The van der Waals surface area contributed by atoms with Gasteiger partial charge in [-0.15, -0.1) is 0 Å². The number of amidine groups is 1. The molecule has 0 unspecified atom stereocenters. The number of hydrogen-bond donors (Lipinski definition) is 1. The maximum atomic E-state index is 4.34. The standard InChI is InChI=1S/C17H24N2/c1-4-6-14-19-17(18-3)9-7-8-16-12-10-15(5-2)11-13-16/h4,6,10-14H,1,5,7-9H2,2-3H3,(H,18,19)/b14-6-. The number of rotatable bonds is 7. The fourth-order valence-electron chi connectivity index (χ4n) is 1.85. The zero-order chi connectivity index (χ0) is 13.9. The molecule has 0 spiro atoms. The molecule has 1 aromatic carbocycles. The summed E-state index contributed by atoms with van der Waals surface area (Å²) in [6.45, 7) is 5.80. The number of nitrogens with zero attached hydrogens (tertiary/aromatic N) is 1. The van der Waals surface area contributed by atoms with Crippen molar-refractivity contribution in [3.63, 3.8) is 0 Å². The highest BCUT2D eigenvalue weighted by Crippen LogP contribution is 2.08. The zero-order valence-corrected chi connectivity index (χ0v) is 12.0. The first-order valence-electron chi connectivity index (χ1n) is 6.90. The Hall–Kier alpha value is -1.83. The van der Waals surface area contributed by atoms with E-state index in [4.69, 9.17) is 0 Å². The number of benzene rings is 1. The van der Waals surface area contributed by atoms with Gasteiger partial charge < -0.3 is 5.32 Å². The van der Waals surface area contributed by atoms with Gasteiger partial charge in [0.2, 0.25) is 0 Å². The van der Waals surface area contributed by atoms with E-state index < -0.39 is 0 Å². The molecule has 1 rings (SSSR count). The van der Waals surface area contributed by atoms with Crippen LogP contribution in [0.1, 0.15) is 30.9 Å². The number of allylic oxidation sites excluding steroid dienone is 2. The Balaban J connectivity index is 2.41. The van der Waals surface area contributed by atoms with Gasteiger partial charge in [-0.25, -0.2) is 4.99 Å². The molecule has 2 nitrogen and oxygen atoms in total. The predicted molar refractivity (Wildman–Crippen MR) is 84.6 cm³/mol. The molecule has 0 aliphatic heterocycles. The normalized spacial score (nSPS) is 11.8. The van der Waals surface area contributed by atoms with E-state index in [1.807, 2.05) is 13.1 Å². The summed E-state index contributed by atoms with van der Waals surface area (Å²) in [4.78, 5) is 4.34. The van der Waals surface area contributed by atoms with Crippen LogP contribution in [0.2, 0.25) is 0 Å². The maximum Gasteiger partial charge on any atom is 0.101 e. The molecule has 0 saturated carbocycles. The first kappa shape index (κ1) is 15.2. The van der Waals surface area contributed by atoms with Crippen LogP contribution < -0.4 is 5.32 Å². The van der Waals surface area contributed by atoms with Crippen molar-refractivity contribution in [3.8, 4) is 0 Å². The third-order valence-electron chi connectivity index (χ3n) is 3.05. The van der Waals surface area contributed by atoms with E-state index in [1.54, 1.807) is 12.3 Å². The second-order valence-electron chi connectivity index (χ2n) is 4.43. The molecule has 0 radical (unpaired) electrons. The van der Waals surface area contributed by atoms with Gasteiger partial charge in [0.05, 0.1) is 0 Å². The van der Waals surface area contributed by atoms with Crippen molar-refractivity contribution >= 4 is 5.84 Å². The molecule has 0 atom stereocenters. The molecule has 0 aromatic heterocycles. The van der Waals surface area contributed by atoms with Gasteiger partial charge in [-0.05, 0) is 36.5 Å². The van der Waals surface area contributed by atoms with Crippen molar-refractivity contribution in [2.75, 3.05) is 7.05 Å². The van der Waals surface area contributed by atoms with Crippen molar-refractivity contribution in [2.45, 2.75) is 32.6 Å². The average molecular weight is 256 g/mol. The molecular weight excluding hydrogens is 232 g/mol. The van der Waals surface area contributed by atoms with E-state index >= 15 is 0 Å². The second kappa shape index (κ2) is 9.15. The largest absolute Gasteiger partial charge is 0.377 e. The minimum absolute atomic E-state index is 0.966. The first-order chi connectivity index (χ1) is 9.30. The molecule has 0 bridgehead atoms. The van der Waals surface area contributed by atoms with E-state index in [1.165, 1.54) is 11.1 Å². The van der Waals surface area contributed by atoms with Crippen LogP contribution >= 0.6 is 0 Å². The Morgan fingerprint density at radius 3 is 2.53 bits per heavy atom. The second-order valence-corrected chi connectivity index (χ2v) is 4.43. The Morgan fingerprint density at radius 2 is 1.95 bits per heavy atom. The highest BCUT2D eigenvalue weighted by molar-refractivity contribution is 5.82. The number of aryl methyl sites for hydroxylation is 2. The molecule has 0 fully saturated rings. The highest BCUT2D eigenvalue weighted by Gasteiger charge is 1.98. The average Bonchev–Trinajstić information content (AvgIpc) is 2.46. The minimum Gasteiger partial charge on any atom is -0.377 e. The van der Waals surface area contributed by atoms with E-state index in [-0.39, 0.29) is 0 Å². The van der Waals surface area contributed by atoms with Gasteiger partial charge in [-0.2, -0.15) is 0 Å². The smallest absolute Gasteiger partial charge is 0.101 e. The number of aliphatic imine (C=N–C) groups is 1. The van der Waals surface area contributed by atoms with E-state index in [0.29, 0.717) is 0 Å². The highest BCUT2D eigenvalue weighted by atomic mass is 14.9. The molecule has 102 valence electrons. The van der Waals surface area contributed by atoms with Gasteiger partial charge >= 0.3 is 0 Å². The quantitative estimate of drug-likeness (QED) is 0.447. The molecule has 0 heterocycles. The fourth-order valence-corrected chi connectivity index (χ4v) is 1.85.